The maximum absolute atomic E-state index is 14.1. The number of aryl methyl sites for hydroxylation is 1. The molecule has 2 fully saturated rings. The summed E-state index contributed by atoms with van der Waals surface area (Å²) in [5.74, 6) is -0.134. The summed E-state index contributed by atoms with van der Waals surface area (Å²) < 4.78 is 21.4. The topological polar surface area (TPSA) is 70.9 Å². The maximum atomic E-state index is 14.1. The number of nitrogens with zero attached hydrogens (tertiary/aromatic N) is 5. The Morgan fingerprint density at radius 3 is 2.26 bits per heavy atom. The molecule has 0 aliphatic carbocycles. The van der Waals surface area contributed by atoms with Gasteiger partial charge < -0.3 is 19.4 Å². The van der Waals surface area contributed by atoms with E-state index in [2.05, 4.69) is 5.10 Å². The molecule has 3 heterocycles. The van der Waals surface area contributed by atoms with Gasteiger partial charge in [0.05, 0.1) is 23.1 Å². The Hall–Kier alpha value is -3.10. The number of amides is 2. The van der Waals surface area contributed by atoms with Crippen molar-refractivity contribution in [2.24, 2.45) is 7.05 Å². The molecular formula is C25H34FN5O3. The summed E-state index contributed by atoms with van der Waals surface area (Å²) in [6.45, 7) is 8.97. The zero-order valence-electron chi connectivity index (χ0n) is 20.5. The number of carbonyl (C=O) groups is 2. The first-order chi connectivity index (χ1) is 16.1. The van der Waals surface area contributed by atoms with Crippen LogP contribution >= 0.6 is 0 Å². The number of anilines is 1. The summed E-state index contributed by atoms with van der Waals surface area (Å²) >= 11 is 0. The molecular weight excluding hydrogens is 437 g/mol. The summed E-state index contributed by atoms with van der Waals surface area (Å²) in [5, 5.41) is 4.39. The Bertz CT molecular complexity index is 1030. The number of rotatable bonds is 3. The van der Waals surface area contributed by atoms with Gasteiger partial charge in [0.1, 0.15) is 11.4 Å². The fraction of sp³-hybridized carbons (Fsp3) is 0.560. The molecule has 0 atom stereocenters. The van der Waals surface area contributed by atoms with Gasteiger partial charge in [-0.2, -0.15) is 5.10 Å². The third kappa shape index (κ3) is 5.18. The van der Waals surface area contributed by atoms with Crippen molar-refractivity contribution in [3.8, 4) is 0 Å². The van der Waals surface area contributed by atoms with Crippen LogP contribution in [0.25, 0.3) is 0 Å². The van der Waals surface area contributed by atoms with Gasteiger partial charge in [-0.25, -0.2) is 9.18 Å². The molecule has 2 saturated heterocycles. The summed E-state index contributed by atoms with van der Waals surface area (Å²) in [5.41, 5.74) is 1.60. The Labute approximate surface area is 200 Å². The second-order valence-corrected chi connectivity index (χ2v) is 10.0. The fourth-order valence-electron chi connectivity index (χ4n) is 4.79. The number of hydrogen-bond donors (Lipinski definition) is 0. The second-order valence-electron chi connectivity index (χ2n) is 10.0. The lowest BCUT2D eigenvalue weighted by molar-refractivity contribution is 0.0202. The van der Waals surface area contributed by atoms with Crippen LogP contribution in [0.5, 0.6) is 0 Å². The van der Waals surface area contributed by atoms with Gasteiger partial charge >= 0.3 is 6.09 Å². The van der Waals surface area contributed by atoms with Crippen LogP contribution in [0.4, 0.5) is 14.9 Å². The van der Waals surface area contributed by atoms with Crippen molar-refractivity contribution in [2.45, 2.75) is 45.1 Å². The average Bonchev–Trinajstić information content (AvgIpc) is 3.19. The van der Waals surface area contributed by atoms with Crippen LogP contribution in [-0.2, 0) is 11.8 Å². The minimum atomic E-state index is -0.522. The molecule has 9 heteroatoms. The van der Waals surface area contributed by atoms with Crippen LogP contribution in [0.15, 0.2) is 30.5 Å². The van der Waals surface area contributed by atoms with E-state index in [1.807, 2.05) is 43.7 Å². The number of para-hydroxylation sites is 1. The van der Waals surface area contributed by atoms with Gasteiger partial charge in [0.25, 0.3) is 5.91 Å². The number of likely N-dealkylation sites (tertiary alicyclic amines) is 1. The van der Waals surface area contributed by atoms with Gasteiger partial charge in [-0.15, -0.1) is 0 Å². The largest absolute Gasteiger partial charge is 0.444 e. The number of ether oxygens (including phenoxy) is 1. The van der Waals surface area contributed by atoms with Crippen LogP contribution in [0.2, 0.25) is 0 Å². The predicted molar refractivity (Wildman–Crippen MR) is 128 cm³/mol. The van der Waals surface area contributed by atoms with E-state index in [0.717, 1.165) is 18.5 Å². The maximum Gasteiger partial charge on any atom is 0.410 e. The van der Waals surface area contributed by atoms with E-state index >= 15 is 0 Å². The standard InChI is InChI=1S/C25H34FN5O3/c1-25(2,3)34-24(33)31-11-9-18(10-12-31)22-19(17-27-28(22)4)23(32)30-15-13-29(14-16-30)21-8-6-5-7-20(21)26/h5-8,17-18H,9-16H2,1-4H3. The van der Waals surface area contributed by atoms with Crippen molar-refractivity contribution in [3.05, 3.63) is 47.5 Å². The number of halogens is 1. The Morgan fingerprint density at radius 2 is 1.65 bits per heavy atom. The zero-order chi connectivity index (χ0) is 24.5. The molecule has 8 nitrogen and oxygen atoms in total. The molecule has 0 unspecified atom stereocenters. The lowest BCUT2D eigenvalue weighted by Crippen LogP contribution is -2.49. The first kappa shape index (κ1) is 24.0. The van der Waals surface area contributed by atoms with E-state index in [1.54, 1.807) is 27.9 Å². The number of aromatic nitrogens is 2. The van der Waals surface area contributed by atoms with Crippen LogP contribution in [-0.4, -0.2) is 76.5 Å². The number of benzene rings is 1. The third-order valence-electron chi connectivity index (χ3n) is 6.51. The van der Waals surface area contributed by atoms with Crippen LogP contribution in [0.3, 0.4) is 0 Å². The molecule has 1 aromatic heterocycles. The molecule has 0 saturated carbocycles. The highest BCUT2D eigenvalue weighted by Crippen LogP contribution is 2.31. The molecule has 0 bridgehead atoms. The quantitative estimate of drug-likeness (QED) is 0.684. The van der Waals surface area contributed by atoms with E-state index in [1.165, 1.54) is 6.07 Å². The average molecular weight is 472 g/mol. The van der Waals surface area contributed by atoms with Crippen molar-refractivity contribution >= 4 is 17.7 Å². The molecule has 34 heavy (non-hydrogen) atoms. The van der Waals surface area contributed by atoms with Crippen LogP contribution in [0.1, 0.15) is 55.6 Å². The first-order valence-electron chi connectivity index (χ1n) is 11.9. The van der Waals surface area contributed by atoms with E-state index in [-0.39, 0.29) is 23.7 Å². The van der Waals surface area contributed by atoms with Crippen molar-refractivity contribution in [1.82, 2.24) is 19.6 Å². The number of hydrogen-bond acceptors (Lipinski definition) is 5. The number of carbonyl (C=O) groups excluding carboxylic acids is 2. The molecule has 4 rings (SSSR count). The molecule has 0 radical (unpaired) electrons. The summed E-state index contributed by atoms with van der Waals surface area (Å²) in [6.07, 6.45) is 2.86. The first-order valence-corrected chi connectivity index (χ1v) is 11.9. The minimum absolute atomic E-state index is 0.0362. The second kappa shape index (κ2) is 9.64. The van der Waals surface area contributed by atoms with Crippen molar-refractivity contribution < 1.29 is 18.7 Å². The molecule has 0 spiro atoms. The Kier molecular flexibility index (Phi) is 6.81. The summed E-state index contributed by atoms with van der Waals surface area (Å²) in [6, 6.07) is 6.74. The molecule has 184 valence electrons. The Morgan fingerprint density at radius 1 is 1.00 bits per heavy atom. The zero-order valence-corrected chi connectivity index (χ0v) is 20.5. The molecule has 0 N–H and O–H groups in total. The molecule has 2 amide bonds. The number of piperazine rings is 1. The highest BCUT2D eigenvalue weighted by Gasteiger charge is 2.33. The third-order valence-corrected chi connectivity index (χ3v) is 6.51. The van der Waals surface area contributed by atoms with E-state index in [9.17, 15) is 14.0 Å². The highest BCUT2D eigenvalue weighted by molar-refractivity contribution is 5.95. The van der Waals surface area contributed by atoms with Gasteiger partial charge in [0.15, 0.2) is 0 Å². The Balaban J connectivity index is 1.39. The van der Waals surface area contributed by atoms with Crippen molar-refractivity contribution in [3.63, 3.8) is 0 Å². The fourth-order valence-corrected chi connectivity index (χ4v) is 4.79. The molecule has 2 aliphatic rings. The smallest absolute Gasteiger partial charge is 0.410 e. The van der Waals surface area contributed by atoms with Gasteiger partial charge in [-0.1, -0.05) is 12.1 Å². The lowest BCUT2D eigenvalue weighted by atomic mass is 9.91. The number of piperidine rings is 1. The predicted octanol–water partition coefficient (Wildman–Crippen LogP) is 3.64. The van der Waals surface area contributed by atoms with E-state index in [4.69, 9.17) is 4.74 Å². The van der Waals surface area contributed by atoms with E-state index < -0.39 is 5.60 Å². The van der Waals surface area contributed by atoms with Crippen LogP contribution < -0.4 is 4.90 Å². The monoisotopic (exact) mass is 471 g/mol. The minimum Gasteiger partial charge on any atom is -0.444 e. The molecule has 1 aromatic carbocycles. The normalized spacial score (nSPS) is 17.7. The SMILES string of the molecule is Cn1ncc(C(=O)N2CCN(c3ccccc3F)CC2)c1C1CCN(C(=O)OC(C)(C)C)CC1. The lowest BCUT2D eigenvalue weighted by Gasteiger charge is -2.37. The van der Waals surface area contributed by atoms with Gasteiger partial charge in [0.2, 0.25) is 0 Å². The van der Waals surface area contributed by atoms with Crippen LogP contribution in [0, 0.1) is 5.82 Å². The molecule has 2 aliphatic heterocycles. The van der Waals surface area contributed by atoms with Gasteiger partial charge in [-0.3, -0.25) is 9.48 Å². The molecule has 2 aromatic rings. The summed E-state index contributed by atoms with van der Waals surface area (Å²) in [4.78, 5) is 31.4. The van der Waals surface area contributed by atoms with E-state index in [0.29, 0.717) is 50.5 Å². The van der Waals surface area contributed by atoms with Gasteiger partial charge in [-0.05, 0) is 45.7 Å². The van der Waals surface area contributed by atoms with Gasteiger partial charge in [0, 0.05) is 52.2 Å². The van der Waals surface area contributed by atoms with Crippen molar-refractivity contribution in [1.29, 1.82) is 0 Å². The highest BCUT2D eigenvalue weighted by atomic mass is 19.1. The summed E-state index contributed by atoms with van der Waals surface area (Å²) in [7, 11) is 1.86. The van der Waals surface area contributed by atoms with Crippen molar-refractivity contribution in [2.75, 3.05) is 44.2 Å².